The van der Waals surface area contributed by atoms with Crippen molar-refractivity contribution in [1.29, 1.82) is 0 Å². The molecule has 2 aromatic carbocycles. The highest BCUT2D eigenvalue weighted by Gasteiger charge is 2.12. The highest BCUT2D eigenvalue weighted by atomic mass is 16.5. The van der Waals surface area contributed by atoms with Gasteiger partial charge < -0.3 is 15.0 Å². The van der Waals surface area contributed by atoms with Crippen LogP contribution in [0.1, 0.15) is 29.5 Å². The van der Waals surface area contributed by atoms with Crippen LogP contribution in [0.25, 0.3) is 0 Å². The molecule has 0 aromatic heterocycles. The second kappa shape index (κ2) is 8.06. The highest BCUT2D eigenvalue weighted by molar-refractivity contribution is 5.77. The summed E-state index contributed by atoms with van der Waals surface area (Å²) in [6.07, 6.45) is 2.55. The van der Waals surface area contributed by atoms with Gasteiger partial charge in [0.2, 0.25) is 0 Å². The van der Waals surface area contributed by atoms with Crippen LogP contribution >= 0.6 is 0 Å². The van der Waals surface area contributed by atoms with Gasteiger partial charge in [-0.1, -0.05) is 24.3 Å². The molecule has 132 valence electrons. The Bertz CT molecular complexity index is 719. The maximum atomic E-state index is 12.0. The Morgan fingerprint density at radius 3 is 2.52 bits per heavy atom. The van der Waals surface area contributed by atoms with Gasteiger partial charge in [-0.2, -0.15) is 0 Å². The van der Waals surface area contributed by atoms with E-state index in [1.807, 2.05) is 32.0 Å². The van der Waals surface area contributed by atoms with Crippen molar-refractivity contribution < 1.29 is 9.53 Å². The second-order valence-corrected chi connectivity index (χ2v) is 6.69. The van der Waals surface area contributed by atoms with Gasteiger partial charge in [0.1, 0.15) is 5.75 Å². The van der Waals surface area contributed by atoms with Crippen LogP contribution in [0.2, 0.25) is 0 Å². The molecule has 25 heavy (non-hydrogen) atoms. The summed E-state index contributed by atoms with van der Waals surface area (Å²) in [7, 11) is 0. The number of nitrogens with one attached hydrogen (secondary N) is 1. The molecule has 2 aromatic rings. The van der Waals surface area contributed by atoms with E-state index in [-0.39, 0.29) is 12.5 Å². The van der Waals surface area contributed by atoms with E-state index in [2.05, 4.69) is 34.5 Å². The standard InChI is InChI=1S/C21H26N2O2/c1-16-5-6-17(2)20(13-16)25-15-21(24)22-14-18-7-9-19(10-8-18)23-11-3-4-12-23/h5-10,13H,3-4,11-12,14-15H2,1-2H3,(H,22,24). The van der Waals surface area contributed by atoms with Crippen molar-refractivity contribution in [3.63, 3.8) is 0 Å². The second-order valence-electron chi connectivity index (χ2n) is 6.69. The Hall–Kier alpha value is -2.49. The minimum Gasteiger partial charge on any atom is -0.483 e. The molecule has 1 aliphatic heterocycles. The van der Waals surface area contributed by atoms with E-state index in [1.165, 1.54) is 18.5 Å². The maximum absolute atomic E-state index is 12.0. The summed E-state index contributed by atoms with van der Waals surface area (Å²) in [6, 6.07) is 14.4. The minimum atomic E-state index is -0.107. The molecule has 4 heteroatoms. The molecule has 0 radical (unpaired) electrons. The smallest absolute Gasteiger partial charge is 0.258 e. The van der Waals surface area contributed by atoms with Gasteiger partial charge in [0.25, 0.3) is 5.91 Å². The van der Waals surface area contributed by atoms with Crippen LogP contribution in [0, 0.1) is 13.8 Å². The lowest BCUT2D eigenvalue weighted by Crippen LogP contribution is -2.28. The molecule has 0 atom stereocenters. The molecular weight excluding hydrogens is 312 g/mol. The van der Waals surface area contributed by atoms with Gasteiger partial charge in [0.15, 0.2) is 6.61 Å². The third-order valence-corrected chi connectivity index (χ3v) is 4.60. The summed E-state index contributed by atoms with van der Waals surface area (Å²) in [4.78, 5) is 14.4. The minimum absolute atomic E-state index is 0.0379. The molecule has 0 unspecified atom stereocenters. The number of anilines is 1. The van der Waals surface area contributed by atoms with Crippen molar-refractivity contribution in [2.24, 2.45) is 0 Å². The van der Waals surface area contributed by atoms with Crippen LogP contribution in [0.15, 0.2) is 42.5 Å². The molecule has 4 nitrogen and oxygen atoms in total. The zero-order valence-electron chi connectivity index (χ0n) is 15.0. The number of hydrogen-bond acceptors (Lipinski definition) is 3. The first-order chi connectivity index (χ1) is 12.1. The van der Waals surface area contributed by atoms with E-state index < -0.39 is 0 Å². The van der Waals surface area contributed by atoms with Gasteiger partial charge >= 0.3 is 0 Å². The number of carbonyl (C=O) groups excluding carboxylic acids is 1. The number of nitrogens with zero attached hydrogens (tertiary/aromatic N) is 1. The predicted octanol–water partition coefficient (Wildman–Crippen LogP) is 3.60. The van der Waals surface area contributed by atoms with Crippen LogP contribution in [0.4, 0.5) is 5.69 Å². The van der Waals surface area contributed by atoms with Crippen LogP contribution in [-0.2, 0) is 11.3 Å². The van der Waals surface area contributed by atoms with Gasteiger partial charge in [-0.15, -0.1) is 0 Å². The molecule has 1 aliphatic rings. The summed E-state index contributed by atoms with van der Waals surface area (Å²) in [5, 5.41) is 2.91. The van der Waals surface area contributed by atoms with Crippen LogP contribution in [0.3, 0.4) is 0 Å². The quantitative estimate of drug-likeness (QED) is 0.875. The first-order valence-corrected chi connectivity index (χ1v) is 8.92. The molecule has 0 aliphatic carbocycles. The Kier molecular flexibility index (Phi) is 5.59. The molecule has 3 rings (SSSR count). The molecule has 1 amide bonds. The van der Waals surface area contributed by atoms with Gasteiger partial charge in [-0.3, -0.25) is 4.79 Å². The Morgan fingerprint density at radius 1 is 1.08 bits per heavy atom. The molecule has 0 saturated carbocycles. The SMILES string of the molecule is Cc1ccc(C)c(OCC(=O)NCc2ccc(N3CCCC3)cc2)c1. The fourth-order valence-electron chi connectivity index (χ4n) is 3.06. The number of hydrogen-bond donors (Lipinski definition) is 1. The van der Waals surface area contributed by atoms with Gasteiger partial charge in [0.05, 0.1) is 0 Å². The van der Waals surface area contributed by atoms with Crippen molar-refractivity contribution in [2.45, 2.75) is 33.2 Å². The van der Waals surface area contributed by atoms with E-state index in [0.29, 0.717) is 6.54 Å². The number of rotatable bonds is 6. The lowest BCUT2D eigenvalue weighted by molar-refractivity contribution is -0.123. The topological polar surface area (TPSA) is 41.6 Å². The summed E-state index contributed by atoms with van der Waals surface area (Å²) in [6.45, 7) is 6.84. The van der Waals surface area contributed by atoms with E-state index in [1.54, 1.807) is 0 Å². The van der Waals surface area contributed by atoms with Crippen molar-refractivity contribution in [3.05, 3.63) is 59.2 Å². The molecule has 1 heterocycles. The summed E-state index contributed by atoms with van der Waals surface area (Å²) < 4.78 is 5.64. The molecular formula is C21H26N2O2. The third kappa shape index (κ3) is 4.75. The summed E-state index contributed by atoms with van der Waals surface area (Å²) >= 11 is 0. The third-order valence-electron chi connectivity index (χ3n) is 4.60. The Labute approximate surface area is 149 Å². The van der Waals surface area contributed by atoms with Crippen molar-refractivity contribution in [3.8, 4) is 5.75 Å². The van der Waals surface area contributed by atoms with Crippen LogP contribution in [-0.4, -0.2) is 25.6 Å². The summed E-state index contributed by atoms with van der Waals surface area (Å²) in [5.74, 6) is 0.662. The van der Waals surface area contributed by atoms with Gasteiger partial charge in [-0.25, -0.2) is 0 Å². The molecule has 0 spiro atoms. The van der Waals surface area contributed by atoms with Crippen LogP contribution in [0.5, 0.6) is 5.75 Å². The van der Waals surface area contributed by atoms with Gasteiger partial charge in [-0.05, 0) is 61.6 Å². The lowest BCUT2D eigenvalue weighted by atomic mass is 10.1. The van der Waals surface area contributed by atoms with E-state index in [4.69, 9.17) is 4.74 Å². The zero-order chi connectivity index (χ0) is 17.6. The zero-order valence-corrected chi connectivity index (χ0v) is 15.0. The number of ether oxygens (including phenoxy) is 1. The first kappa shape index (κ1) is 17.3. The van der Waals surface area contributed by atoms with Gasteiger partial charge in [0, 0.05) is 25.3 Å². The largest absolute Gasteiger partial charge is 0.483 e. The molecule has 1 N–H and O–H groups in total. The monoisotopic (exact) mass is 338 g/mol. The first-order valence-electron chi connectivity index (χ1n) is 8.92. The highest BCUT2D eigenvalue weighted by Crippen LogP contribution is 2.20. The van der Waals surface area contributed by atoms with Crippen LogP contribution < -0.4 is 15.0 Å². The molecule has 1 fully saturated rings. The Balaban J connectivity index is 1.46. The van der Waals surface area contributed by atoms with Crippen molar-refractivity contribution in [1.82, 2.24) is 5.32 Å². The normalized spacial score (nSPS) is 13.8. The van der Waals surface area contributed by atoms with E-state index in [9.17, 15) is 4.79 Å². The average Bonchev–Trinajstić information content (AvgIpc) is 3.16. The molecule has 1 saturated heterocycles. The summed E-state index contributed by atoms with van der Waals surface area (Å²) in [5.41, 5.74) is 4.53. The Morgan fingerprint density at radius 2 is 1.80 bits per heavy atom. The fourth-order valence-corrected chi connectivity index (χ4v) is 3.06. The van der Waals surface area contributed by atoms with E-state index in [0.717, 1.165) is 35.5 Å². The number of amides is 1. The average molecular weight is 338 g/mol. The lowest BCUT2D eigenvalue weighted by Gasteiger charge is -2.17. The maximum Gasteiger partial charge on any atom is 0.258 e. The van der Waals surface area contributed by atoms with Crippen molar-refractivity contribution >= 4 is 11.6 Å². The predicted molar refractivity (Wildman–Crippen MR) is 101 cm³/mol. The number of benzene rings is 2. The fraction of sp³-hybridized carbons (Fsp3) is 0.381. The number of carbonyl (C=O) groups is 1. The molecule has 0 bridgehead atoms. The number of aryl methyl sites for hydroxylation is 2. The van der Waals surface area contributed by atoms with Crippen molar-refractivity contribution in [2.75, 3.05) is 24.6 Å². The van der Waals surface area contributed by atoms with E-state index >= 15 is 0 Å².